The number of phenols is 1. The van der Waals surface area contributed by atoms with Crippen LogP contribution in [0, 0.1) is 10.1 Å². The van der Waals surface area contributed by atoms with Gasteiger partial charge in [0.15, 0.2) is 5.78 Å². The Morgan fingerprint density at radius 1 is 1.04 bits per heavy atom. The molecule has 28 heavy (non-hydrogen) atoms. The minimum absolute atomic E-state index is 0.0584. The summed E-state index contributed by atoms with van der Waals surface area (Å²) in [6, 6.07) is 16.7. The van der Waals surface area contributed by atoms with Gasteiger partial charge in [-0.3, -0.25) is 14.9 Å². The number of nitro groups is 1. The van der Waals surface area contributed by atoms with Crippen molar-refractivity contribution in [1.29, 1.82) is 0 Å². The third-order valence-electron chi connectivity index (χ3n) is 3.91. The quantitative estimate of drug-likeness (QED) is 0.282. The number of rotatable bonds is 6. The molecule has 0 saturated heterocycles. The van der Waals surface area contributed by atoms with Crippen LogP contribution in [0.4, 0.5) is 17.1 Å². The number of ether oxygens (including phenoxy) is 1. The van der Waals surface area contributed by atoms with E-state index in [1.54, 1.807) is 30.3 Å². The summed E-state index contributed by atoms with van der Waals surface area (Å²) < 4.78 is 5.19. The lowest BCUT2D eigenvalue weighted by Gasteiger charge is -2.09. The van der Waals surface area contributed by atoms with Gasteiger partial charge < -0.3 is 9.84 Å². The third kappa shape index (κ3) is 4.01. The van der Waals surface area contributed by atoms with Crippen LogP contribution in [-0.4, -0.2) is 22.9 Å². The molecule has 0 atom stereocenters. The highest BCUT2D eigenvalue weighted by molar-refractivity contribution is 6.11. The van der Waals surface area contributed by atoms with Crippen LogP contribution in [-0.2, 0) is 0 Å². The third-order valence-corrected chi connectivity index (χ3v) is 3.91. The average Bonchev–Trinajstić information content (AvgIpc) is 2.73. The lowest BCUT2D eigenvalue weighted by Crippen LogP contribution is -2.01. The lowest BCUT2D eigenvalue weighted by molar-refractivity contribution is -0.384. The second-order valence-electron chi connectivity index (χ2n) is 5.71. The molecule has 0 bridgehead atoms. The summed E-state index contributed by atoms with van der Waals surface area (Å²) in [6.07, 6.45) is 0. The van der Waals surface area contributed by atoms with Crippen molar-refractivity contribution in [2.45, 2.75) is 0 Å². The number of benzene rings is 3. The van der Waals surface area contributed by atoms with Crippen LogP contribution in [0.15, 0.2) is 77.0 Å². The molecule has 3 aromatic rings. The first kappa shape index (κ1) is 18.7. The fourth-order valence-electron chi connectivity index (χ4n) is 2.48. The highest BCUT2D eigenvalue weighted by atomic mass is 16.6. The van der Waals surface area contributed by atoms with Crippen molar-refractivity contribution in [1.82, 2.24) is 0 Å². The number of azo groups is 1. The molecule has 0 heterocycles. The standard InChI is InChI=1S/C20H15N3O5/c1-28-19-12-18(24)16(20(25)13-5-3-2-4-6-13)11-17(19)22-21-14-7-9-15(10-8-14)23(26)27/h2-12,24H,1H3. The smallest absolute Gasteiger partial charge is 0.269 e. The minimum Gasteiger partial charge on any atom is -0.507 e. The number of hydrogen-bond donors (Lipinski definition) is 1. The van der Waals surface area contributed by atoms with Gasteiger partial charge in [0.25, 0.3) is 5.69 Å². The molecule has 1 N–H and O–H groups in total. The van der Waals surface area contributed by atoms with Crippen molar-refractivity contribution in [2.24, 2.45) is 10.2 Å². The van der Waals surface area contributed by atoms with Crippen molar-refractivity contribution >= 4 is 22.8 Å². The Kier molecular flexibility index (Phi) is 5.40. The summed E-state index contributed by atoms with van der Waals surface area (Å²) in [4.78, 5) is 22.9. The molecular weight excluding hydrogens is 362 g/mol. The summed E-state index contributed by atoms with van der Waals surface area (Å²) in [5.41, 5.74) is 1.04. The van der Waals surface area contributed by atoms with E-state index in [1.165, 1.54) is 43.5 Å². The van der Waals surface area contributed by atoms with E-state index < -0.39 is 4.92 Å². The number of methoxy groups -OCH3 is 1. The summed E-state index contributed by atoms with van der Waals surface area (Å²) in [6.45, 7) is 0. The molecule has 8 heteroatoms. The Hall–Kier alpha value is -4.07. The molecule has 0 aliphatic heterocycles. The number of phenolic OH excluding ortho intramolecular Hbond substituents is 1. The fourth-order valence-corrected chi connectivity index (χ4v) is 2.48. The lowest BCUT2D eigenvalue weighted by atomic mass is 10.0. The van der Waals surface area contributed by atoms with E-state index in [0.717, 1.165) is 0 Å². The van der Waals surface area contributed by atoms with Gasteiger partial charge in [0.1, 0.15) is 17.2 Å². The molecule has 8 nitrogen and oxygen atoms in total. The number of aromatic hydroxyl groups is 1. The van der Waals surface area contributed by atoms with Crippen molar-refractivity contribution in [3.8, 4) is 11.5 Å². The number of hydrogen-bond acceptors (Lipinski definition) is 7. The highest BCUT2D eigenvalue weighted by Crippen LogP contribution is 2.36. The first-order valence-electron chi connectivity index (χ1n) is 8.16. The number of carbonyl (C=O) groups is 1. The Bertz CT molecular complexity index is 1050. The maximum atomic E-state index is 12.7. The van der Waals surface area contributed by atoms with Gasteiger partial charge in [-0.2, -0.15) is 5.11 Å². The minimum atomic E-state index is -0.509. The zero-order valence-corrected chi connectivity index (χ0v) is 14.8. The number of carbonyl (C=O) groups excluding carboxylic acids is 1. The maximum absolute atomic E-state index is 12.7. The van der Waals surface area contributed by atoms with E-state index in [-0.39, 0.29) is 34.2 Å². The average molecular weight is 377 g/mol. The van der Waals surface area contributed by atoms with Crippen LogP contribution in [0.25, 0.3) is 0 Å². The first-order chi connectivity index (χ1) is 13.5. The first-order valence-corrected chi connectivity index (χ1v) is 8.16. The van der Waals surface area contributed by atoms with Gasteiger partial charge in [0.05, 0.1) is 23.3 Å². The SMILES string of the molecule is COc1cc(O)c(C(=O)c2ccccc2)cc1N=Nc1ccc([N+](=O)[O-])cc1. The number of ketones is 1. The highest BCUT2D eigenvalue weighted by Gasteiger charge is 2.17. The normalized spacial score (nSPS) is 10.8. The van der Waals surface area contributed by atoms with Crippen molar-refractivity contribution in [3.05, 3.63) is 88.0 Å². The van der Waals surface area contributed by atoms with Crippen LogP contribution in [0.2, 0.25) is 0 Å². The fraction of sp³-hybridized carbons (Fsp3) is 0.0500. The van der Waals surface area contributed by atoms with E-state index >= 15 is 0 Å². The molecule has 0 radical (unpaired) electrons. The van der Waals surface area contributed by atoms with E-state index in [2.05, 4.69) is 10.2 Å². The summed E-state index contributed by atoms with van der Waals surface area (Å²) in [5.74, 6) is -0.375. The molecule has 0 amide bonds. The van der Waals surface area contributed by atoms with Crippen LogP contribution < -0.4 is 4.74 Å². The van der Waals surface area contributed by atoms with E-state index in [9.17, 15) is 20.0 Å². The zero-order valence-electron chi connectivity index (χ0n) is 14.8. The van der Waals surface area contributed by atoms with Crippen molar-refractivity contribution < 1.29 is 19.6 Å². The zero-order chi connectivity index (χ0) is 20.1. The number of nitrogens with zero attached hydrogens (tertiary/aromatic N) is 3. The Labute approximate surface area is 159 Å². The molecule has 140 valence electrons. The number of non-ortho nitro benzene ring substituents is 1. The molecular formula is C20H15N3O5. The molecule has 3 rings (SSSR count). The molecule has 0 aromatic heterocycles. The van der Waals surface area contributed by atoms with Gasteiger partial charge in [-0.05, 0) is 18.2 Å². The summed E-state index contributed by atoms with van der Waals surface area (Å²) in [7, 11) is 1.40. The molecule has 0 aliphatic carbocycles. The van der Waals surface area contributed by atoms with Crippen LogP contribution in [0.5, 0.6) is 11.5 Å². The Morgan fingerprint density at radius 2 is 1.71 bits per heavy atom. The summed E-state index contributed by atoms with van der Waals surface area (Å²) in [5, 5.41) is 29.0. The van der Waals surface area contributed by atoms with Crippen molar-refractivity contribution in [3.63, 3.8) is 0 Å². The van der Waals surface area contributed by atoms with Gasteiger partial charge in [0, 0.05) is 23.8 Å². The van der Waals surface area contributed by atoms with Gasteiger partial charge in [-0.25, -0.2) is 0 Å². The molecule has 3 aromatic carbocycles. The molecule has 0 unspecified atom stereocenters. The molecule has 0 fully saturated rings. The van der Waals surface area contributed by atoms with Crippen molar-refractivity contribution in [2.75, 3.05) is 7.11 Å². The van der Waals surface area contributed by atoms with Crippen LogP contribution in [0.1, 0.15) is 15.9 Å². The second kappa shape index (κ2) is 8.09. The Balaban J connectivity index is 1.95. The molecule has 0 saturated carbocycles. The van der Waals surface area contributed by atoms with Gasteiger partial charge in [0.2, 0.25) is 0 Å². The Morgan fingerprint density at radius 3 is 2.32 bits per heavy atom. The predicted molar refractivity (Wildman–Crippen MR) is 102 cm³/mol. The number of nitro benzene ring substituents is 1. The maximum Gasteiger partial charge on any atom is 0.269 e. The summed E-state index contributed by atoms with van der Waals surface area (Å²) >= 11 is 0. The van der Waals surface area contributed by atoms with Crippen LogP contribution in [0.3, 0.4) is 0 Å². The van der Waals surface area contributed by atoms with Crippen LogP contribution >= 0.6 is 0 Å². The van der Waals surface area contributed by atoms with Gasteiger partial charge in [-0.15, -0.1) is 5.11 Å². The predicted octanol–water partition coefficient (Wildman–Crippen LogP) is 4.96. The monoisotopic (exact) mass is 377 g/mol. The van der Waals surface area contributed by atoms with E-state index in [1.807, 2.05) is 0 Å². The topological polar surface area (TPSA) is 114 Å². The molecule has 0 spiro atoms. The second-order valence-corrected chi connectivity index (χ2v) is 5.71. The van der Waals surface area contributed by atoms with Gasteiger partial charge >= 0.3 is 0 Å². The van der Waals surface area contributed by atoms with Gasteiger partial charge in [-0.1, -0.05) is 30.3 Å². The largest absolute Gasteiger partial charge is 0.507 e. The molecule has 0 aliphatic rings. The van der Waals surface area contributed by atoms with E-state index in [0.29, 0.717) is 11.3 Å². The van der Waals surface area contributed by atoms with E-state index in [4.69, 9.17) is 4.74 Å².